The molecule has 0 saturated heterocycles. The molecule has 0 unspecified atom stereocenters. The molecule has 0 aliphatic heterocycles. The van der Waals surface area contributed by atoms with Gasteiger partial charge in [-0.25, -0.2) is 4.79 Å². The number of aliphatic hydroxyl groups is 1. The molecule has 0 bridgehead atoms. The number of hydrogen-bond donors (Lipinski definition) is 2. The van der Waals surface area contributed by atoms with E-state index in [0.29, 0.717) is 0 Å². The van der Waals surface area contributed by atoms with Crippen LogP contribution in [0.1, 0.15) is 6.92 Å². The lowest BCUT2D eigenvalue weighted by Gasteiger charge is -2.23. The van der Waals surface area contributed by atoms with Crippen molar-refractivity contribution in [2.45, 2.75) is 22.8 Å². The fourth-order valence-electron chi connectivity index (χ4n) is 1.92. The van der Waals surface area contributed by atoms with Crippen LogP contribution >= 0.6 is 11.8 Å². The van der Waals surface area contributed by atoms with Crippen LogP contribution in [0.25, 0.3) is 0 Å². The third-order valence-corrected chi connectivity index (χ3v) is 4.66. The number of carbonyl (C=O) groups excluding carboxylic acids is 1. The smallest absolute Gasteiger partial charge is 0.321 e. The summed E-state index contributed by atoms with van der Waals surface area (Å²) >= 11 is 1.64. The number of carbonyl (C=O) groups is 1. The summed E-state index contributed by atoms with van der Waals surface area (Å²) in [6.07, 6.45) is 0. The molecule has 2 aromatic carbocycles. The predicted octanol–water partition coefficient (Wildman–Crippen LogP) is 3.69. The number of aliphatic hydroxyl groups excluding tert-OH is 1. The van der Waals surface area contributed by atoms with Gasteiger partial charge in [0, 0.05) is 22.5 Å². The van der Waals surface area contributed by atoms with Crippen molar-refractivity contribution >= 4 is 23.5 Å². The van der Waals surface area contributed by atoms with Gasteiger partial charge < -0.3 is 20.1 Å². The minimum atomic E-state index is -0.243. The van der Waals surface area contributed by atoms with Gasteiger partial charge in [-0.05, 0) is 55.5 Å². The monoisotopic (exact) mass is 346 g/mol. The fourth-order valence-corrected chi connectivity index (χ4v) is 2.74. The number of methoxy groups -OCH3 is 1. The van der Waals surface area contributed by atoms with E-state index in [2.05, 4.69) is 5.32 Å². The number of urea groups is 1. The van der Waals surface area contributed by atoms with Crippen molar-refractivity contribution in [3.05, 3.63) is 48.5 Å². The Balaban J connectivity index is 1.96. The zero-order chi connectivity index (χ0) is 17.5. The third-order valence-electron chi connectivity index (χ3n) is 3.65. The molecule has 2 N–H and O–H groups in total. The molecule has 0 spiro atoms. The van der Waals surface area contributed by atoms with Crippen molar-refractivity contribution in [1.29, 1.82) is 0 Å². The van der Waals surface area contributed by atoms with E-state index in [4.69, 9.17) is 9.84 Å². The number of benzene rings is 2. The first kappa shape index (κ1) is 18.2. The molecule has 6 heteroatoms. The number of anilines is 1. The predicted molar refractivity (Wildman–Crippen MR) is 96.9 cm³/mol. The molecule has 24 heavy (non-hydrogen) atoms. The van der Waals surface area contributed by atoms with Crippen molar-refractivity contribution in [1.82, 2.24) is 4.90 Å². The molecule has 1 atom stereocenters. The third kappa shape index (κ3) is 4.91. The fraction of sp³-hybridized carbons (Fsp3) is 0.278. The average Bonchev–Trinajstić information content (AvgIpc) is 2.62. The molecule has 2 amide bonds. The molecule has 0 saturated carbocycles. The molecular formula is C18H22N2O3S. The summed E-state index contributed by atoms with van der Waals surface area (Å²) in [5, 5.41) is 11.9. The lowest BCUT2D eigenvalue weighted by Crippen LogP contribution is -2.40. The van der Waals surface area contributed by atoms with E-state index in [1.54, 1.807) is 32.8 Å². The van der Waals surface area contributed by atoms with E-state index in [9.17, 15) is 4.79 Å². The molecule has 2 aromatic rings. The molecule has 5 nitrogen and oxygen atoms in total. The minimum Gasteiger partial charge on any atom is -0.497 e. The Morgan fingerprint density at radius 1 is 1.17 bits per heavy atom. The maximum atomic E-state index is 12.0. The number of amides is 2. The molecule has 0 aliphatic rings. The second-order valence-electron chi connectivity index (χ2n) is 5.37. The van der Waals surface area contributed by atoms with Crippen molar-refractivity contribution in [3.63, 3.8) is 0 Å². The Hall–Kier alpha value is -2.18. The Bertz CT molecular complexity index is 659. The van der Waals surface area contributed by atoms with Crippen LogP contribution in [0.4, 0.5) is 10.5 Å². The van der Waals surface area contributed by atoms with E-state index < -0.39 is 0 Å². The standard InChI is InChI=1S/C18H22N2O3S/c1-13(12-21)20(2)18(22)19-14-4-8-16(9-5-14)24-17-10-6-15(23-3)7-11-17/h4-11,13,21H,12H2,1-3H3,(H,19,22)/t13-/m1/s1. The summed E-state index contributed by atoms with van der Waals surface area (Å²) in [6.45, 7) is 1.72. The Labute approximate surface area is 146 Å². The van der Waals surface area contributed by atoms with E-state index in [1.165, 1.54) is 4.90 Å². The van der Waals surface area contributed by atoms with Crippen LogP contribution in [-0.2, 0) is 0 Å². The van der Waals surface area contributed by atoms with Crippen LogP contribution in [0.15, 0.2) is 58.3 Å². The van der Waals surface area contributed by atoms with Crippen molar-refractivity contribution < 1.29 is 14.6 Å². The van der Waals surface area contributed by atoms with Gasteiger partial charge in [0.15, 0.2) is 0 Å². The van der Waals surface area contributed by atoms with Gasteiger partial charge in [0.25, 0.3) is 0 Å². The molecular weight excluding hydrogens is 324 g/mol. The zero-order valence-corrected chi connectivity index (χ0v) is 14.8. The van der Waals surface area contributed by atoms with Gasteiger partial charge in [-0.2, -0.15) is 0 Å². The highest BCUT2D eigenvalue weighted by Crippen LogP contribution is 2.29. The number of nitrogens with zero attached hydrogens (tertiary/aromatic N) is 1. The molecule has 0 aromatic heterocycles. The van der Waals surface area contributed by atoms with Crippen molar-refractivity contribution in [2.75, 3.05) is 26.1 Å². The Morgan fingerprint density at radius 3 is 2.21 bits per heavy atom. The van der Waals surface area contributed by atoms with Gasteiger partial charge in [0.1, 0.15) is 5.75 Å². The second-order valence-corrected chi connectivity index (χ2v) is 6.52. The first-order valence-electron chi connectivity index (χ1n) is 7.60. The Morgan fingerprint density at radius 2 is 1.71 bits per heavy atom. The normalized spacial score (nSPS) is 11.7. The van der Waals surface area contributed by atoms with E-state index in [1.807, 2.05) is 48.5 Å². The lowest BCUT2D eigenvalue weighted by molar-refractivity contribution is 0.166. The lowest BCUT2D eigenvalue weighted by atomic mass is 10.3. The summed E-state index contributed by atoms with van der Waals surface area (Å²) < 4.78 is 5.15. The van der Waals surface area contributed by atoms with Gasteiger partial charge in [-0.1, -0.05) is 11.8 Å². The number of ether oxygens (including phenoxy) is 1. The van der Waals surface area contributed by atoms with Crippen LogP contribution in [0.2, 0.25) is 0 Å². The maximum Gasteiger partial charge on any atom is 0.321 e. The highest BCUT2D eigenvalue weighted by Gasteiger charge is 2.14. The highest BCUT2D eigenvalue weighted by molar-refractivity contribution is 7.99. The number of rotatable bonds is 6. The summed E-state index contributed by atoms with van der Waals surface area (Å²) in [5.74, 6) is 0.832. The summed E-state index contributed by atoms with van der Waals surface area (Å²) in [4.78, 5) is 15.7. The maximum absolute atomic E-state index is 12.0. The van der Waals surface area contributed by atoms with E-state index in [-0.39, 0.29) is 18.7 Å². The molecule has 0 aliphatic carbocycles. The number of likely N-dealkylation sites (N-methyl/N-ethyl adjacent to an activating group) is 1. The SMILES string of the molecule is COc1ccc(Sc2ccc(NC(=O)N(C)[C@H](C)CO)cc2)cc1. The zero-order valence-electron chi connectivity index (χ0n) is 14.0. The minimum absolute atomic E-state index is 0.0681. The van der Waals surface area contributed by atoms with Crippen LogP contribution < -0.4 is 10.1 Å². The van der Waals surface area contributed by atoms with E-state index >= 15 is 0 Å². The number of hydrogen-bond acceptors (Lipinski definition) is 4. The number of nitrogens with one attached hydrogen (secondary N) is 1. The summed E-state index contributed by atoms with van der Waals surface area (Å²) in [6, 6.07) is 15.0. The van der Waals surface area contributed by atoms with Crippen LogP contribution in [0.5, 0.6) is 5.75 Å². The van der Waals surface area contributed by atoms with Crippen LogP contribution in [-0.4, -0.2) is 42.8 Å². The topological polar surface area (TPSA) is 61.8 Å². The van der Waals surface area contributed by atoms with Gasteiger partial charge in [0.05, 0.1) is 19.8 Å². The largest absolute Gasteiger partial charge is 0.497 e. The van der Waals surface area contributed by atoms with Gasteiger partial charge in [-0.15, -0.1) is 0 Å². The second kappa shape index (κ2) is 8.61. The molecule has 0 radical (unpaired) electrons. The molecule has 0 heterocycles. The van der Waals surface area contributed by atoms with Crippen LogP contribution in [0, 0.1) is 0 Å². The Kier molecular flexibility index (Phi) is 6.52. The summed E-state index contributed by atoms with van der Waals surface area (Å²) in [5.41, 5.74) is 0.719. The highest BCUT2D eigenvalue weighted by atomic mass is 32.2. The molecule has 2 rings (SSSR count). The first-order chi connectivity index (χ1) is 11.5. The summed E-state index contributed by atoms with van der Waals surface area (Å²) in [7, 11) is 3.30. The quantitative estimate of drug-likeness (QED) is 0.837. The van der Waals surface area contributed by atoms with Gasteiger partial charge >= 0.3 is 6.03 Å². The van der Waals surface area contributed by atoms with Crippen molar-refractivity contribution in [2.24, 2.45) is 0 Å². The van der Waals surface area contributed by atoms with Crippen molar-refractivity contribution in [3.8, 4) is 5.75 Å². The van der Waals surface area contributed by atoms with E-state index in [0.717, 1.165) is 21.2 Å². The first-order valence-corrected chi connectivity index (χ1v) is 8.41. The molecule has 0 fully saturated rings. The van der Waals surface area contributed by atoms with Gasteiger partial charge in [-0.3, -0.25) is 0 Å². The van der Waals surface area contributed by atoms with Crippen LogP contribution in [0.3, 0.4) is 0 Å². The molecule has 128 valence electrons. The van der Waals surface area contributed by atoms with Gasteiger partial charge in [0.2, 0.25) is 0 Å². The average molecular weight is 346 g/mol.